The molecule has 0 aliphatic heterocycles. The summed E-state index contributed by atoms with van der Waals surface area (Å²) >= 11 is 0. The van der Waals surface area contributed by atoms with Gasteiger partial charge in [-0.3, -0.25) is 9.63 Å². The van der Waals surface area contributed by atoms with Crippen LogP contribution in [0.1, 0.15) is 32.2 Å². The summed E-state index contributed by atoms with van der Waals surface area (Å²) in [4.78, 5) is 23.7. The van der Waals surface area contributed by atoms with Crippen LogP contribution >= 0.6 is 0 Å². The molecular weight excluding hydrogens is 220 g/mol. The highest BCUT2D eigenvalue weighted by Gasteiger charge is 2.16. The second-order valence-corrected chi connectivity index (χ2v) is 4.74. The maximum Gasteiger partial charge on any atom is 0.245 e. The standard InChI is InChI=1S/C11H18N4O2/c1-11(2,3)10-13-4-8(5-14-10)6-15-17-7-9(12)16/h4-5,15H,6-7H2,1-3H3,(H2,12,16). The summed E-state index contributed by atoms with van der Waals surface area (Å²) in [7, 11) is 0. The third-order valence-electron chi connectivity index (χ3n) is 1.97. The van der Waals surface area contributed by atoms with Crippen molar-refractivity contribution in [2.45, 2.75) is 32.7 Å². The number of hydrogen-bond acceptors (Lipinski definition) is 5. The smallest absolute Gasteiger partial charge is 0.245 e. The van der Waals surface area contributed by atoms with Gasteiger partial charge in [-0.2, -0.15) is 5.48 Å². The molecule has 94 valence electrons. The first kappa shape index (κ1) is 13.5. The molecule has 6 nitrogen and oxygen atoms in total. The summed E-state index contributed by atoms with van der Waals surface area (Å²) in [5.74, 6) is 0.274. The molecule has 0 aromatic carbocycles. The Labute approximate surface area is 101 Å². The number of amides is 1. The summed E-state index contributed by atoms with van der Waals surface area (Å²) < 4.78 is 0. The lowest BCUT2D eigenvalue weighted by atomic mass is 9.96. The molecule has 1 aromatic heterocycles. The van der Waals surface area contributed by atoms with Crippen LogP contribution < -0.4 is 11.2 Å². The lowest BCUT2D eigenvalue weighted by Gasteiger charge is -2.16. The minimum atomic E-state index is -0.517. The van der Waals surface area contributed by atoms with Crippen LogP contribution in [0, 0.1) is 0 Å². The van der Waals surface area contributed by atoms with Crippen LogP contribution in [0.2, 0.25) is 0 Å². The first-order chi connectivity index (χ1) is 7.89. The average Bonchev–Trinajstić information content (AvgIpc) is 2.23. The van der Waals surface area contributed by atoms with Gasteiger partial charge in [0.05, 0.1) is 0 Å². The number of nitrogens with zero attached hydrogens (tertiary/aromatic N) is 2. The summed E-state index contributed by atoms with van der Waals surface area (Å²) in [6, 6.07) is 0. The number of carbonyl (C=O) groups excluding carboxylic acids is 1. The van der Waals surface area contributed by atoms with Crippen molar-refractivity contribution in [2.75, 3.05) is 6.61 Å². The van der Waals surface area contributed by atoms with E-state index in [1.165, 1.54) is 0 Å². The van der Waals surface area contributed by atoms with Gasteiger partial charge in [0.2, 0.25) is 5.91 Å². The molecule has 0 bridgehead atoms. The summed E-state index contributed by atoms with van der Waals surface area (Å²) in [6.07, 6.45) is 3.46. The van der Waals surface area contributed by atoms with Crippen LogP contribution in [0.3, 0.4) is 0 Å². The van der Waals surface area contributed by atoms with Crippen molar-refractivity contribution in [2.24, 2.45) is 5.73 Å². The maximum absolute atomic E-state index is 10.4. The molecule has 1 aromatic rings. The second-order valence-electron chi connectivity index (χ2n) is 4.74. The highest BCUT2D eigenvalue weighted by atomic mass is 16.6. The molecule has 0 radical (unpaired) electrons. The van der Waals surface area contributed by atoms with Crippen LogP contribution in [0.5, 0.6) is 0 Å². The van der Waals surface area contributed by atoms with Crippen molar-refractivity contribution in [1.82, 2.24) is 15.4 Å². The number of hydroxylamine groups is 1. The minimum absolute atomic E-state index is 0.0611. The normalized spacial score (nSPS) is 11.5. The molecule has 6 heteroatoms. The molecule has 1 amide bonds. The van der Waals surface area contributed by atoms with Gasteiger partial charge in [0.15, 0.2) is 0 Å². The molecule has 0 unspecified atom stereocenters. The van der Waals surface area contributed by atoms with Crippen molar-refractivity contribution in [3.63, 3.8) is 0 Å². The van der Waals surface area contributed by atoms with E-state index in [-0.39, 0.29) is 12.0 Å². The van der Waals surface area contributed by atoms with E-state index in [1.54, 1.807) is 12.4 Å². The number of aromatic nitrogens is 2. The Kier molecular flexibility index (Phi) is 4.53. The third-order valence-corrected chi connectivity index (χ3v) is 1.97. The minimum Gasteiger partial charge on any atom is -0.368 e. The first-order valence-electron chi connectivity index (χ1n) is 5.34. The topological polar surface area (TPSA) is 90.1 Å². The van der Waals surface area contributed by atoms with Crippen molar-refractivity contribution < 1.29 is 9.63 Å². The lowest BCUT2D eigenvalue weighted by Crippen LogP contribution is -2.24. The van der Waals surface area contributed by atoms with Crippen LogP contribution in [-0.4, -0.2) is 22.5 Å². The third kappa shape index (κ3) is 4.88. The van der Waals surface area contributed by atoms with Gasteiger partial charge in [0.1, 0.15) is 12.4 Å². The SMILES string of the molecule is CC(C)(C)c1ncc(CNOCC(N)=O)cn1. The average molecular weight is 238 g/mol. The molecule has 0 atom stereocenters. The van der Waals surface area contributed by atoms with E-state index >= 15 is 0 Å². The Morgan fingerprint density at radius 1 is 1.41 bits per heavy atom. The van der Waals surface area contributed by atoms with E-state index < -0.39 is 5.91 Å². The molecule has 0 aliphatic carbocycles. The number of rotatable bonds is 5. The predicted octanol–water partition coefficient (Wildman–Crippen LogP) is 0.281. The van der Waals surface area contributed by atoms with Crippen molar-refractivity contribution in [3.8, 4) is 0 Å². The van der Waals surface area contributed by atoms with Crippen LogP contribution in [0.15, 0.2) is 12.4 Å². The zero-order valence-corrected chi connectivity index (χ0v) is 10.4. The van der Waals surface area contributed by atoms with Gasteiger partial charge in [-0.25, -0.2) is 9.97 Å². The highest BCUT2D eigenvalue weighted by molar-refractivity contribution is 5.74. The molecular formula is C11H18N4O2. The van der Waals surface area contributed by atoms with Gasteiger partial charge in [-0.1, -0.05) is 20.8 Å². The van der Waals surface area contributed by atoms with E-state index in [0.717, 1.165) is 11.4 Å². The second kappa shape index (κ2) is 5.70. The Bertz CT molecular complexity index is 370. The van der Waals surface area contributed by atoms with Crippen LogP contribution in [0.25, 0.3) is 0 Å². The zero-order chi connectivity index (χ0) is 12.9. The summed E-state index contributed by atoms with van der Waals surface area (Å²) in [5.41, 5.74) is 8.34. The number of carbonyl (C=O) groups is 1. The Balaban J connectivity index is 2.43. The molecule has 3 N–H and O–H groups in total. The molecule has 0 aliphatic rings. The fourth-order valence-electron chi connectivity index (χ4n) is 1.09. The number of nitrogens with one attached hydrogen (secondary N) is 1. The molecule has 0 fully saturated rings. The van der Waals surface area contributed by atoms with Gasteiger partial charge < -0.3 is 5.73 Å². The quantitative estimate of drug-likeness (QED) is 0.568. The van der Waals surface area contributed by atoms with Gasteiger partial charge in [0.25, 0.3) is 0 Å². The van der Waals surface area contributed by atoms with Crippen LogP contribution in [0.4, 0.5) is 0 Å². The predicted molar refractivity (Wildman–Crippen MR) is 62.7 cm³/mol. The van der Waals surface area contributed by atoms with Gasteiger partial charge in [-0.05, 0) is 0 Å². The first-order valence-corrected chi connectivity index (χ1v) is 5.34. The Morgan fingerprint density at radius 2 is 2.00 bits per heavy atom. The van der Waals surface area contributed by atoms with E-state index in [9.17, 15) is 4.79 Å². The Morgan fingerprint density at radius 3 is 2.47 bits per heavy atom. The summed E-state index contributed by atoms with van der Waals surface area (Å²) in [5, 5.41) is 0. The van der Waals surface area contributed by atoms with Crippen molar-refractivity contribution in [3.05, 3.63) is 23.8 Å². The molecule has 0 spiro atoms. The van der Waals surface area contributed by atoms with E-state index in [2.05, 4.69) is 36.2 Å². The molecule has 0 saturated heterocycles. The molecule has 17 heavy (non-hydrogen) atoms. The highest BCUT2D eigenvalue weighted by Crippen LogP contribution is 2.16. The fourth-order valence-corrected chi connectivity index (χ4v) is 1.09. The summed E-state index contributed by atoms with van der Waals surface area (Å²) in [6.45, 7) is 6.43. The van der Waals surface area contributed by atoms with Crippen molar-refractivity contribution >= 4 is 5.91 Å². The number of hydrogen-bond donors (Lipinski definition) is 2. The van der Waals surface area contributed by atoms with E-state index in [1.807, 2.05) is 0 Å². The van der Waals surface area contributed by atoms with Gasteiger partial charge >= 0.3 is 0 Å². The number of nitrogens with two attached hydrogens (primary N) is 1. The largest absolute Gasteiger partial charge is 0.368 e. The maximum atomic E-state index is 10.4. The molecule has 1 rings (SSSR count). The fraction of sp³-hybridized carbons (Fsp3) is 0.545. The zero-order valence-electron chi connectivity index (χ0n) is 10.4. The lowest BCUT2D eigenvalue weighted by molar-refractivity contribution is -0.125. The molecule has 0 saturated carbocycles. The van der Waals surface area contributed by atoms with Crippen LogP contribution in [-0.2, 0) is 21.6 Å². The van der Waals surface area contributed by atoms with E-state index in [4.69, 9.17) is 10.6 Å². The Hall–Kier alpha value is -1.53. The monoisotopic (exact) mass is 238 g/mol. The van der Waals surface area contributed by atoms with Crippen molar-refractivity contribution in [1.29, 1.82) is 0 Å². The van der Waals surface area contributed by atoms with Gasteiger partial charge in [0, 0.05) is 29.9 Å². The number of primary amides is 1. The van der Waals surface area contributed by atoms with E-state index in [0.29, 0.717) is 6.54 Å². The van der Waals surface area contributed by atoms with Gasteiger partial charge in [-0.15, -0.1) is 0 Å². The molecule has 1 heterocycles.